The molecule has 0 aliphatic heterocycles. The van der Waals surface area contributed by atoms with Crippen molar-refractivity contribution in [1.82, 2.24) is 9.78 Å². The molecule has 0 unspecified atom stereocenters. The maximum absolute atomic E-state index is 13.0. The normalized spacial score (nSPS) is 11.0. The van der Waals surface area contributed by atoms with Crippen molar-refractivity contribution in [2.24, 2.45) is 0 Å². The number of aryl methyl sites for hydroxylation is 1. The van der Waals surface area contributed by atoms with Crippen LogP contribution >= 0.6 is 0 Å². The van der Waals surface area contributed by atoms with Gasteiger partial charge in [0.2, 0.25) is 0 Å². The fourth-order valence-corrected chi connectivity index (χ4v) is 3.87. The van der Waals surface area contributed by atoms with Gasteiger partial charge in [-0.15, -0.1) is 0 Å². The van der Waals surface area contributed by atoms with Crippen molar-refractivity contribution in [2.75, 3.05) is 0 Å². The third kappa shape index (κ3) is 5.23. The number of aromatic nitrogens is 2. The minimum atomic E-state index is -0.0561. The molecule has 0 fully saturated rings. The number of carbonyl (C=O) groups excluding carboxylic acids is 1. The molecule has 3 aromatic rings. The highest BCUT2D eigenvalue weighted by atomic mass is 16.2. The fourth-order valence-electron chi connectivity index (χ4n) is 3.87. The molecule has 0 radical (unpaired) electrons. The first-order valence-corrected chi connectivity index (χ1v) is 10.9. The molecule has 152 valence electrons. The second-order valence-electron chi connectivity index (χ2n) is 7.83. The molecule has 0 N–H and O–H groups in total. The Balaban J connectivity index is 1.68. The van der Waals surface area contributed by atoms with E-state index >= 15 is 0 Å². The number of carbonyl (C=O) groups is 1. The molecule has 0 saturated carbocycles. The minimum absolute atomic E-state index is 0.0561. The summed E-state index contributed by atoms with van der Waals surface area (Å²) in [6, 6.07) is 18.0. The van der Waals surface area contributed by atoms with E-state index in [1.165, 1.54) is 37.7 Å². The zero-order chi connectivity index (χ0) is 20.6. The van der Waals surface area contributed by atoms with Crippen molar-refractivity contribution in [2.45, 2.75) is 65.7 Å². The minimum Gasteiger partial charge on any atom is -0.267 e. The van der Waals surface area contributed by atoms with Gasteiger partial charge in [0.1, 0.15) is 0 Å². The number of hydrogen-bond donors (Lipinski definition) is 0. The van der Waals surface area contributed by atoms with Crippen LogP contribution in [0.4, 0.5) is 0 Å². The van der Waals surface area contributed by atoms with Gasteiger partial charge in [0.05, 0.1) is 5.69 Å². The zero-order valence-electron chi connectivity index (χ0n) is 17.9. The van der Waals surface area contributed by atoms with Gasteiger partial charge in [0.25, 0.3) is 5.91 Å². The third-order valence-electron chi connectivity index (χ3n) is 5.65. The molecule has 0 aliphatic carbocycles. The Bertz CT molecular complexity index is 923. The molecule has 3 rings (SSSR count). The van der Waals surface area contributed by atoms with Crippen LogP contribution in [0.15, 0.2) is 54.6 Å². The van der Waals surface area contributed by atoms with Gasteiger partial charge in [-0.25, -0.2) is 4.68 Å². The second-order valence-corrected chi connectivity index (χ2v) is 7.83. The SMILES string of the molecule is CCCCCCCCc1c(C)nn(C(=O)c2ccc(-c3ccccc3)cc2)c1C. The van der Waals surface area contributed by atoms with Gasteiger partial charge >= 0.3 is 0 Å². The van der Waals surface area contributed by atoms with Gasteiger partial charge in [-0.2, -0.15) is 5.10 Å². The quantitative estimate of drug-likeness (QED) is 0.380. The average Bonchev–Trinajstić information content (AvgIpc) is 3.04. The van der Waals surface area contributed by atoms with Crippen LogP contribution in [0.2, 0.25) is 0 Å². The molecule has 29 heavy (non-hydrogen) atoms. The van der Waals surface area contributed by atoms with Crippen LogP contribution in [0.5, 0.6) is 0 Å². The molecular formula is C26H32N2O. The topological polar surface area (TPSA) is 34.9 Å². The van der Waals surface area contributed by atoms with E-state index in [4.69, 9.17) is 0 Å². The van der Waals surface area contributed by atoms with Crippen LogP contribution in [0, 0.1) is 13.8 Å². The molecule has 0 aliphatic rings. The number of nitrogens with zero attached hydrogens (tertiary/aromatic N) is 2. The maximum atomic E-state index is 13.0. The summed E-state index contributed by atoms with van der Waals surface area (Å²) in [6.45, 7) is 6.28. The van der Waals surface area contributed by atoms with Gasteiger partial charge in [-0.1, -0.05) is 81.5 Å². The second kappa shape index (κ2) is 10.2. The zero-order valence-corrected chi connectivity index (χ0v) is 17.9. The molecule has 0 spiro atoms. The summed E-state index contributed by atoms with van der Waals surface area (Å²) in [5.41, 5.74) is 6.12. The van der Waals surface area contributed by atoms with E-state index in [-0.39, 0.29) is 5.91 Å². The summed E-state index contributed by atoms with van der Waals surface area (Å²) in [4.78, 5) is 13.0. The maximum Gasteiger partial charge on any atom is 0.278 e. The Labute approximate surface area is 174 Å². The summed E-state index contributed by atoms with van der Waals surface area (Å²) in [6.07, 6.45) is 8.64. The van der Waals surface area contributed by atoms with Crippen molar-refractivity contribution >= 4 is 5.91 Å². The Kier molecular flexibility index (Phi) is 7.40. The summed E-state index contributed by atoms with van der Waals surface area (Å²) in [7, 11) is 0. The highest BCUT2D eigenvalue weighted by molar-refractivity contribution is 5.96. The summed E-state index contributed by atoms with van der Waals surface area (Å²) in [5.74, 6) is -0.0561. The summed E-state index contributed by atoms with van der Waals surface area (Å²) < 4.78 is 1.58. The lowest BCUT2D eigenvalue weighted by atomic mass is 10.0. The first-order valence-electron chi connectivity index (χ1n) is 10.9. The van der Waals surface area contributed by atoms with E-state index in [1.807, 2.05) is 56.3 Å². The monoisotopic (exact) mass is 388 g/mol. The lowest BCUT2D eigenvalue weighted by molar-refractivity contribution is 0.0942. The third-order valence-corrected chi connectivity index (χ3v) is 5.65. The molecule has 1 heterocycles. The molecule has 1 aromatic heterocycles. The first-order chi connectivity index (χ1) is 14.1. The molecule has 0 amide bonds. The number of unbranched alkanes of at least 4 members (excludes halogenated alkanes) is 5. The predicted molar refractivity (Wildman–Crippen MR) is 120 cm³/mol. The van der Waals surface area contributed by atoms with E-state index in [0.29, 0.717) is 5.56 Å². The lowest BCUT2D eigenvalue weighted by Gasteiger charge is -2.06. The van der Waals surface area contributed by atoms with E-state index < -0.39 is 0 Å². The van der Waals surface area contributed by atoms with Gasteiger partial charge in [0, 0.05) is 11.3 Å². The number of rotatable bonds is 9. The van der Waals surface area contributed by atoms with Crippen LogP contribution in [-0.2, 0) is 6.42 Å². The van der Waals surface area contributed by atoms with Gasteiger partial charge in [0.15, 0.2) is 0 Å². The number of hydrogen-bond acceptors (Lipinski definition) is 2. The highest BCUT2D eigenvalue weighted by Gasteiger charge is 2.17. The molecule has 0 atom stereocenters. The van der Waals surface area contributed by atoms with Crippen LogP contribution in [-0.4, -0.2) is 15.7 Å². The summed E-state index contributed by atoms with van der Waals surface area (Å²) >= 11 is 0. The van der Waals surface area contributed by atoms with E-state index in [9.17, 15) is 4.79 Å². The van der Waals surface area contributed by atoms with Crippen molar-refractivity contribution in [3.8, 4) is 11.1 Å². The van der Waals surface area contributed by atoms with Crippen LogP contribution < -0.4 is 0 Å². The van der Waals surface area contributed by atoms with Gasteiger partial charge in [-0.05, 0) is 55.5 Å². The van der Waals surface area contributed by atoms with Crippen molar-refractivity contribution in [3.63, 3.8) is 0 Å². The van der Waals surface area contributed by atoms with E-state index in [2.05, 4.69) is 24.2 Å². The Morgan fingerprint density at radius 3 is 2.14 bits per heavy atom. The molecule has 0 bridgehead atoms. The number of benzene rings is 2. The molecule has 0 saturated heterocycles. The summed E-state index contributed by atoms with van der Waals surface area (Å²) in [5, 5.41) is 4.56. The largest absolute Gasteiger partial charge is 0.278 e. The lowest BCUT2D eigenvalue weighted by Crippen LogP contribution is -2.15. The smallest absolute Gasteiger partial charge is 0.267 e. The predicted octanol–water partition coefficient (Wildman–Crippen LogP) is 6.76. The molecule has 3 heteroatoms. The fraction of sp³-hybridized carbons (Fsp3) is 0.385. The molecule has 2 aromatic carbocycles. The van der Waals surface area contributed by atoms with Gasteiger partial charge < -0.3 is 0 Å². The Hall–Kier alpha value is -2.68. The van der Waals surface area contributed by atoms with Crippen molar-refractivity contribution in [1.29, 1.82) is 0 Å². The van der Waals surface area contributed by atoms with Crippen molar-refractivity contribution in [3.05, 3.63) is 77.1 Å². The molecule has 3 nitrogen and oxygen atoms in total. The standard InChI is InChI=1S/C26H32N2O/c1-4-5-6-7-8-12-15-25-20(2)27-28(21(25)3)26(29)24-18-16-23(17-19-24)22-13-10-9-11-14-22/h9-11,13-14,16-19H,4-8,12,15H2,1-3H3. The Morgan fingerprint density at radius 1 is 0.828 bits per heavy atom. The van der Waals surface area contributed by atoms with Crippen LogP contribution in [0.25, 0.3) is 11.1 Å². The first kappa shape index (κ1) is 21.0. The van der Waals surface area contributed by atoms with E-state index in [1.54, 1.807) is 4.68 Å². The average molecular weight is 389 g/mol. The van der Waals surface area contributed by atoms with Crippen LogP contribution in [0.3, 0.4) is 0 Å². The Morgan fingerprint density at radius 2 is 1.45 bits per heavy atom. The van der Waals surface area contributed by atoms with Crippen molar-refractivity contribution < 1.29 is 4.79 Å². The highest BCUT2D eigenvalue weighted by Crippen LogP contribution is 2.21. The molecular weight excluding hydrogens is 356 g/mol. The van der Waals surface area contributed by atoms with Crippen LogP contribution in [0.1, 0.15) is 72.8 Å². The van der Waals surface area contributed by atoms with Gasteiger partial charge in [-0.3, -0.25) is 4.79 Å². The van der Waals surface area contributed by atoms with E-state index in [0.717, 1.165) is 35.4 Å².